The highest BCUT2D eigenvalue weighted by atomic mass is 127. The third-order valence-corrected chi connectivity index (χ3v) is 3.17. The van der Waals surface area contributed by atoms with Crippen molar-refractivity contribution in [3.05, 3.63) is 29.3 Å². The lowest BCUT2D eigenvalue weighted by molar-refractivity contribution is -0.0834. The number of hydrogen-bond donors (Lipinski definition) is 2. The summed E-state index contributed by atoms with van der Waals surface area (Å²) in [5.74, 6) is -2.37. The molecule has 3 N–H and O–H groups in total. The average molecular weight is 381 g/mol. The molecule has 1 aromatic carbocycles. The normalized spacial score (nSPS) is 18.4. The molecule has 0 spiro atoms. The Hall–Kier alpha value is -0.920. The van der Waals surface area contributed by atoms with Gasteiger partial charge in [-0.25, -0.2) is 13.8 Å². The van der Waals surface area contributed by atoms with E-state index in [1.165, 1.54) is 5.56 Å². The molecule has 1 aliphatic rings. The summed E-state index contributed by atoms with van der Waals surface area (Å²) in [6.45, 7) is 4.02. The lowest BCUT2D eigenvalue weighted by atomic mass is 9.89. The van der Waals surface area contributed by atoms with Gasteiger partial charge >= 0.3 is 0 Å². The summed E-state index contributed by atoms with van der Waals surface area (Å²) in [7, 11) is 0. The molecule has 1 fully saturated rings. The third kappa shape index (κ3) is 4.29. The van der Waals surface area contributed by atoms with E-state index in [0.29, 0.717) is 0 Å². The zero-order valence-corrected chi connectivity index (χ0v) is 13.2. The fourth-order valence-corrected chi connectivity index (χ4v) is 1.92. The lowest BCUT2D eigenvalue weighted by Gasteiger charge is -2.32. The fourth-order valence-electron chi connectivity index (χ4n) is 1.92. The number of halogens is 3. The van der Waals surface area contributed by atoms with E-state index in [9.17, 15) is 8.78 Å². The zero-order chi connectivity index (χ0) is 13.3. The third-order valence-electron chi connectivity index (χ3n) is 3.17. The van der Waals surface area contributed by atoms with Crippen LogP contribution in [0.3, 0.4) is 0 Å². The number of anilines is 1. The predicted octanol–water partition coefficient (Wildman–Crippen LogP) is 3.45. The van der Waals surface area contributed by atoms with Gasteiger partial charge in [-0.05, 0) is 37.1 Å². The molecule has 0 aliphatic heterocycles. The highest BCUT2D eigenvalue weighted by Crippen LogP contribution is 2.39. The minimum atomic E-state index is -2.56. The van der Waals surface area contributed by atoms with Crippen LogP contribution >= 0.6 is 24.0 Å². The second kappa shape index (κ2) is 6.02. The smallest absolute Gasteiger partial charge is 0.252 e. The maximum Gasteiger partial charge on any atom is 0.252 e. The molecular formula is C13H18F2IN3. The van der Waals surface area contributed by atoms with Gasteiger partial charge in [-0.1, -0.05) is 6.07 Å². The van der Waals surface area contributed by atoms with E-state index in [1.54, 1.807) is 0 Å². The van der Waals surface area contributed by atoms with Gasteiger partial charge in [0.25, 0.3) is 5.92 Å². The number of hydrogen-bond acceptors (Lipinski definition) is 1. The molecule has 6 heteroatoms. The number of nitrogens with zero attached hydrogens (tertiary/aromatic N) is 1. The van der Waals surface area contributed by atoms with Gasteiger partial charge < -0.3 is 11.1 Å². The summed E-state index contributed by atoms with van der Waals surface area (Å²) in [6.07, 6.45) is -0.412. The summed E-state index contributed by atoms with van der Waals surface area (Å²) >= 11 is 0. The lowest BCUT2D eigenvalue weighted by Crippen LogP contribution is -2.40. The van der Waals surface area contributed by atoms with Crippen molar-refractivity contribution >= 4 is 35.6 Å². The van der Waals surface area contributed by atoms with Crippen LogP contribution in [0.5, 0.6) is 0 Å². The van der Waals surface area contributed by atoms with E-state index in [2.05, 4.69) is 10.3 Å². The van der Waals surface area contributed by atoms with Crippen molar-refractivity contribution in [1.29, 1.82) is 0 Å². The first kappa shape index (κ1) is 16.1. The number of aliphatic imine (C=N–C) groups is 1. The van der Waals surface area contributed by atoms with E-state index in [-0.39, 0.29) is 48.8 Å². The van der Waals surface area contributed by atoms with Crippen molar-refractivity contribution in [2.75, 3.05) is 5.32 Å². The molecule has 0 unspecified atom stereocenters. The molecule has 0 bridgehead atoms. The highest BCUT2D eigenvalue weighted by Gasteiger charge is 2.45. The summed E-state index contributed by atoms with van der Waals surface area (Å²) < 4.78 is 25.3. The molecule has 19 heavy (non-hydrogen) atoms. The van der Waals surface area contributed by atoms with Crippen molar-refractivity contribution in [2.45, 2.75) is 38.7 Å². The maximum absolute atomic E-state index is 12.6. The van der Waals surface area contributed by atoms with Gasteiger partial charge in [-0.15, -0.1) is 24.0 Å². The molecule has 106 valence electrons. The SMILES string of the molecule is Cc1ccc(NC(N)=NC2CC(F)(F)C2)cc1C.I. The second-order valence-electron chi connectivity index (χ2n) is 4.86. The molecule has 0 saturated heterocycles. The fraction of sp³-hybridized carbons (Fsp3) is 0.462. The van der Waals surface area contributed by atoms with Crippen LogP contribution in [0.2, 0.25) is 0 Å². The van der Waals surface area contributed by atoms with Gasteiger partial charge in [0.1, 0.15) is 0 Å². The number of guanidine groups is 1. The standard InChI is InChI=1S/C13H17F2N3.HI/c1-8-3-4-10(5-9(8)2)17-12(16)18-11-6-13(14,15)7-11;/h3-5,11H,6-7H2,1-2H3,(H3,16,17,18);1H. The Balaban J connectivity index is 0.00000180. The van der Waals surface area contributed by atoms with Gasteiger partial charge in [-0.3, -0.25) is 0 Å². The molecule has 0 radical (unpaired) electrons. The Morgan fingerprint density at radius 1 is 1.32 bits per heavy atom. The minimum Gasteiger partial charge on any atom is -0.370 e. The Kier molecular flexibility index (Phi) is 5.11. The largest absolute Gasteiger partial charge is 0.370 e. The molecule has 1 saturated carbocycles. The maximum atomic E-state index is 12.6. The predicted molar refractivity (Wildman–Crippen MR) is 84.5 cm³/mol. The van der Waals surface area contributed by atoms with Crippen molar-refractivity contribution in [1.82, 2.24) is 0 Å². The van der Waals surface area contributed by atoms with Crippen molar-refractivity contribution < 1.29 is 8.78 Å². The number of aryl methyl sites for hydroxylation is 2. The topological polar surface area (TPSA) is 50.4 Å². The van der Waals surface area contributed by atoms with E-state index in [0.717, 1.165) is 11.3 Å². The molecular weight excluding hydrogens is 363 g/mol. The monoisotopic (exact) mass is 381 g/mol. The zero-order valence-electron chi connectivity index (χ0n) is 10.9. The number of nitrogens with two attached hydrogens (primary N) is 1. The molecule has 3 nitrogen and oxygen atoms in total. The van der Waals surface area contributed by atoms with Crippen molar-refractivity contribution in [3.63, 3.8) is 0 Å². The van der Waals surface area contributed by atoms with Crippen LogP contribution in [0, 0.1) is 13.8 Å². The summed E-state index contributed by atoms with van der Waals surface area (Å²) in [6, 6.07) is 5.45. The Labute approximate surface area is 128 Å². The Morgan fingerprint density at radius 2 is 1.95 bits per heavy atom. The van der Waals surface area contributed by atoms with Crippen LogP contribution in [-0.2, 0) is 0 Å². The van der Waals surface area contributed by atoms with Crippen LogP contribution in [0.15, 0.2) is 23.2 Å². The first-order valence-corrected chi connectivity index (χ1v) is 5.91. The highest BCUT2D eigenvalue weighted by molar-refractivity contribution is 14.0. The number of alkyl halides is 2. The molecule has 0 atom stereocenters. The van der Waals surface area contributed by atoms with Crippen molar-refractivity contribution in [3.8, 4) is 0 Å². The van der Waals surface area contributed by atoms with Crippen LogP contribution in [-0.4, -0.2) is 17.9 Å². The first-order valence-electron chi connectivity index (χ1n) is 5.91. The summed E-state index contributed by atoms with van der Waals surface area (Å²) in [5, 5.41) is 2.92. The van der Waals surface area contributed by atoms with Crippen molar-refractivity contribution in [2.24, 2.45) is 10.7 Å². The van der Waals surface area contributed by atoms with Crippen LogP contribution in [0.4, 0.5) is 14.5 Å². The molecule has 1 aromatic rings. The van der Waals surface area contributed by atoms with Gasteiger partial charge in [0.05, 0.1) is 6.04 Å². The van der Waals surface area contributed by atoms with Crippen LogP contribution in [0.25, 0.3) is 0 Å². The first-order chi connectivity index (χ1) is 8.35. The molecule has 1 aliphatic carbocycles. The van der Waals surface area contributed by atoms with E-state index < -0.39 is 5.92 Å². The van der Waals surface area contributed by atoms with Crippen LogP contribution in [0.1, 0.15) is 24.0 Å². The van der Waals surface area contributed by atoms with Crippen LogP contribution < -0.4 is 11.1 Å². The molecule has 0 heterocycles. The number of nitrogens with one attached hydrogen (secondary N) is 1. The minimum absolute atomic E-state index is 0. The quantitative estimate of drug-likeness (QED) is 0.469. The summed E-state index contributed by atoms with van der Waals surface area (Å²) in [4.78, 5) is 4.03. The Bertz CT molecular complexity index is 481. The van der Waals surface area contributed by atoms with E-state index in [4.69, 9.17) is 5.73 Å². The summed E-state index contributed by atoms with van der Waals surface area (Å²) in [5.41, 5.74) is 8.84. The Morgan fingerprint density at radius 3 is 2.47 bits per heavy atom. The number of benzene rings is 1. The second-order valence-corrected chi connectivity index (χ2v) is 4.86. The molecule has 2 rings (SSSR count). The molecule has 0 amide bonds. The number of rotatable bonds is 2. The van der Waals surface area contributed by atoms with Gasteiger partial charge in [0, 0.05) is 18.5 Å². The average Bonchev–Trinajstić information content (AvgIpc) is 2.21. The van der Waals surface area contributed by atoms with Gasteiger partial charge in [0.2, 0.25) is 0 Å². The molecule has 0 aromatic heterocycles. The van der Waals surface area contributed by atoms with Gasteiger partial charge in [0.15, 0.2) is 5.96 Å². The van der Waals surface area contributed by atoms with Gasteiger partial charge in [-0.2, -0.15) is 0 Å². The van der Waals surface area contributed by atoms with E-state index in [1.807, 2.05) is 32.0 Å². The van der Waals surface area contributed by atoms with E-state index >= 15 is 0 Å².